The molecule has 0 aliphatic carbocycles. The number of methoxy groups -OCH3 is 1. The number of para-hydroxylation sites is 1. The fraction of sp³-hybridized carbons (Fsp3) is 0.353. The van der Waals surface area contributed by atoms with Crippen LogP contribution < -0.4 is 4.90 Å². The number of hydrogen-bond acceptors (Lipinski definition) is 5. The van der Waals surface area contributed by atoms with Crippen LogP contribution in [0.4, 0.5) is 5.69 Å². The Kier molecular flexibility index (Phi) is 4.44. The van der Waals surface area contributed by atoms with Crippen LogP contribution in [0.1, 0.15) is 16.1 Å². The fourth-order valence-electron chi connectivity index (χ4n) is 2.76. The normalized spacial score (nSPS) is 15.8. The predicted octanol–water partition coefficient (Wildman–Crippen LogP) is 2.39. The number of carbonyl (C=O) groups excluding carboxylic acids is 1. The highest BCUT2D eigenvalue weighted by Crippen LogP contribution is 2.19. The molecule has 1 aliphatic heterocycles. The van der Waals surface area contributed by atoms with Crippen LogP contribution in [-0.4, -0.2) is 44.2 Å². The van der Waals surface area contributed by atoms with Gasteiger partial charge in [-0.1, -0.05) is 18.2 Å². The number of nitrogens with zero attached hydrogens (tertiary/aromatic N) is 2. The lowest BCUT2D eigenvalue weighted by Crippen LogP contribution is -2.46. The summed E-state index contributed by atoms with van der Waals surface area (Å²) in [5.74, 6) is 0.340. The molecule has 0 N–H and O–H groups in total. The van der Waals surface area contributed by atoms with E-state index in [2.05, 4.69) is 34.1 Å². The smallest absolute Gasteiger partial charge is 0.341 e. The summed E-state index contributed by atoms with van der Waals surface area (Å²) in [5, 5.41) is 0. The van der Waals surface area contributed by atoms with Crippen LogP contribution in [0.2, 0.25) is 0 Å². The minimum atomic E-state index is -0.341. The topological polar surface area (TPSA) is 45.9 Å². The average molecular weight is 300 g/mol. The van der Waals surface area contributed by atoms with Crippen molar-refractivity contribution in [2.24, 2.45) is 0 Å². The molecule has 2 heterocycles. The summed E-state index contributed by atoms with van der Waals surface area (Å²) < 4.78 is 10.2. The first kappa shape index (κ1) is 14.7. The van der Waals surface area contributed by atoms with Gasteiger partial charge in [-0.3, -0.25) is 4.90 Å². The van der Waals surface area contributed by atoms with Gasteiger partial charge in [0.2, 0.25) is 0 Å². The third-order valence-electron chi connectivity index (χ3n) is 4.01. The molecule has 0 radical (unpaired) electrons. The predicted molar refractivity (Wildman–Crippen MR) is 84.0 cm³/mol. The molecule has 5 heteroatoms. The maximum Gasteiger partial charge on any atom is 0.341 e. The number of furan rings is 1. The van der Waals surface area contributed by atoms with Crippen molar-refractivity contribution >= 4 is 11.7 Å². The Bertz CT molecular complexity index is 616. The van der Waals surface area contributed by atoms with Gasteiger partial charge < -0.3 is 14.1 Å². The van der Waals surface area contributed by atoms with Gasteiger partial charge in [0.25, 0.3) is 0 Å². The van der Waals surface area contributed by atoms with Crippen molar-refractivity contribution in [3.63, 3.8) is 0 Å². The molecule has 1 aromatic carbocycles. The average Bonchev–Trinajstić information content (AvgIpc) is 3.04. The van der Waals surface area contributed by atoms with E-state index < -0.39 is 0 Å². The lowest BCUT2D eigenvalue weighted by atomic mass is 10.2. The zero-order valence-electron chi connectivity index (χ0n) is 12.7. The maximum atomic E-state index is 11.7. The van der Waals surface area contributed by atoms with Gasteiger partial charge in [-0.25, -0.2) is 4.79 Å². The highest BCUT2D eigenvalue weighted by molar-refractivity contribution is 5.90. The van der Waals surface area contributed by atoms with Crippen LogP contribution in [0.5, 0.6) is 0 Å². The fourth-order valence-corrected chi connectivity index (χ4v) is 2.76. The molecule has 3 rings (SSSR count). The maximum absolute atomic E-state index is 11.7. The Balaban J connectivity index is 1.59. The Morgan fingerprint density at radius 3 is 2.55 bits per heavy atom. The van der Waals surface area contributed by atoms with E-state index in [4.69, 9.17) is 9.15 Å². The Labute approximate surface area is 130 Å². The molecular formula is C17H20N2O3. The van der Waals surface area contributed by atoms with E-state index in [-0.39, 0.29) is 5.97 Å². The molecule has 2 aromatic rings. The molecule has 116 valence electrons. The van der Waals surface area contributed by atoms with Crippen molar-refractivity contribution in [1.29, 1.82) is 0 Å². The number of rotatable bonds is 4. The third-order valence-corrected chi connectivity index (χ3v) is 4.01. The van der Waals surface area contributed by atoms with Crippen molar-refractivity contribution < 1.29 is 13.9 Å². The van der Waals surface area contributed by atoms with Gasteiger partial charge in [-0.05, 0) is 18.2 Å². The second-order valence-corrected chi connectivity index (χ2v) is 5.35. The summed E-state index contributed by atoms with van der Waals surface area (Å²) in [6, 6.07) is 12.1. The van der Waals surface area contributed by atoms with E-state index in [9.17, 15) is 4.79 Å². The van der Waals surface area contributed by atoms with Gasteiger partial charge >= 0.3 is 5.97 Å². The van der Waals surface area contributed by atoms with E-state index >= 15 is 0 Å². The SMILES string of the molecule is COC(=O)c1ccoc1CN1CCN(c2ccccc2)CC1. The first-order chi connectivity index (χ1) is 10.8. The summed E-state index contributed by atoms with van der Waals surface area (Å²) >= 11 is 0. The molecule has 0 saturated carbocycles. The van der Waals surface area contributed by atoms with Crippen LogP contribution >= 0.6 is 0 Å². The molecule has 5 nitrogen and oxygen atoms in total. The Morgan fingerprint density at radius 2 is 1.86 bits per heavy atom. The second kappa shape index (κ2) is 6.66. The lowest BCUT2D eigenvalue weighted by Gasteiger charge is -2.35. The van der Waals surface area contributed by atoms with Crippen LogP contribution in [0.25, 0.3) is 0 Å². The first-order valence-corrected chi connectivity index (χ1v) is 7.45. The third kappa shape index (κ3) is 3.14. The number of anilines is 1. The molecule has 0 atom stereocenters. The van der Waals surface area contributed by atoms with Crippen LogP contribution in [-0.2, 0) is 11.3 Å². The zero-order valence-corrected chi connectivity index (χ0v) is 12.7. The van der Waals surface area contributed by atoms with Crippen molar-refractivity contribution in [2.75, 3.05) is 38.2 Å². The van der Waals surface area contributed by atoms with E-state index in [1.807, 2.05) is 6.07 Å². The van der Waals surface area contributed by atoms with Crippen molar-refractivity contribution in [2.45, 2.75) is 6.54 Å². The zero-order chi connectivity index (χ0) is 15.4. The molecule has 0 amide bonds. The Morgan fingerprint density at radius 1 is 1.14 bits per heavy atom. The van der Waals surface area contributed by atoms with Gasteiger partial charge in [0.15, 0.2) is 0 Å². The molecule has 1 aromatic heterocycles. The van der Waals surface area contributed by atoms with Crippen LogP contribution in [0, 0.1) is 0 Å². The minimum Gasteiger partial charge on any atom is -0.467 e. The van der Waals surface area contributed by atoms with Gasteiger partial charge in [0.1, 0.15) is 11.3 Å². The van der Waals surface area contributed by atoms with Gasteiger partial charge in [0.05, 0.1) is 19.9 Å². The molecular weight excluding hydrogens is 280 g/mol. The quantitative estimate of drug-likeness (QED) is 0.811. The summed E-state index contributed by atoms with van der Waals surface area (Å²) in [6.07, 6.45) is 1.54. The van der Waals surface area contributed by atoms with Crippen molar-refractivity contribution in [3.8, 4) is 0 Å². The number of ether oxygens (including phenoxy) is 1. The number of hydrogen-bond donors (Lipinski definition) is 0. The van der Waals surface area contributed by atoms with Gasteiger partial charge in [-0.2, -0.15) is 0 Å². The largest absolute Gasteiger partial charge is 0.467 e. The highest BCUT2D eigenvalue weighted by atomic mass is 16.5. The minimum absolute atomic E-state index is 0.341. The highest BCUT2D eigenvalue weighted by Gasteiger charge is 2.21. The summed E-state index contributed by atoms with van der Waals surface area (Å²) in [4.78, 5) is 16.3. The molecule has 0 bridgehead atoms. The molecule has 0 unspecified atom stereocenters. The van der Waals surface area contributed by atoms with Gasteiger partial charge in [0, 0.05) is 31.9 Å². The first-order valence-electron chi connectivity index (χ1n) is 7.45. The summed E-state index contributed by atoms with van der Waals surface area (Å²) in [6.45, 7) is 4.46. The summed E-state index contributed by atoms with van der Waals surface area (Å²) in [5.41, 5.74) is 1.78. The number of esters is 1. The van der Waals surface area contributed by atoms with E-state index in [1.165, 1.54) is 12.8 Å². The molecule has 1 aliphatic rings. The second-order valence-electron chi connectivity index (χ2n) is 5.35. The number of piperazine rings is 1. The van der Waals surface area contributed by atoms with Gasteiger partial charge in [-0.15, -0.1) is 0 Å². The number of carbonyl (C=O) groups is 1. The standard InChI is InChI=1S/C17H20N2O3/c1-21-17(20)15-7-12-22-16(15)13-18-8-10-19(11-9-18)14-5-3-2-4-6-14/h2-7,12H,8-11,13H2,1H3. The monoisotopic (exact) mass is 300 g/mol. The van der Waals surface area contributed by atoms with Crippen LogP contribution in [0.15, 0.2) is 47.1 Å². The van der Waals surface area contributed by atoms with E-state index in [0.717, 1.165) is 26.2 Å². The Hall–Kier alpha value is -2.27. The van der Waals surface area contributed by atoms with Crippen molar-refractivity contribution in [1.82, 2.24) is 4.90 Å². The van der Waals surface area contributed by atoms with Crippen LogP contribution in [0.3, 0.4) is 0 Å². The van der Waals surface area contributed by atoms with E-state index in [1.54, 1.807) is 12.3 Å². The van der Waals surface area contributed by atoms with E-state index in [0.29, 0.717) is 17.9 Å². The van der Waals surface area contributed by atoms with Crippen molar-refractivity contribution in [3.05, 3.63) is 54.0 Å². The molecule has 1 fully saturated rings. The number of benzene rings is 1. The lowest BCUT2D eigenvalue weighted by molar-refractivity contribution is 0.0596. The molecule has 22 heavy (non-hydrogen) atoms. The molecule has 0 spiro atoms. The summed E-state index contributed by atoms with van der Waals surface area (Å²) in [7, 11) is 1.39. The molecule has 1 saturated heterocycles.